The highest BCUT2D eigenvalue weighted by Crippen LogP contribution is 2.24. The maximum Gasteiger partial charge on any atom is 0.341 e. The monoisotopic (exact) mass is 263 g/mol. The fourth-order valence-corrected chi connectivity index (χ4v) is 2.34. The number of nitrogens with zero attached hydrogens (tertiary/aromatic N) is 1. The average molecular weight is 263 g/mol. The van der Waals surface area contributed by atoms with Crippen LogP contribution in [0, 0.1) is 0 Å². The van der Waals surface area contributed by atoms with E-state index in [2.05, 4.69) is 0 Å². The maximum atomic E-state index is 12.3. The van der Waals surface area contributed by atoms with E-state index in [0.717, 1.165) is 12.1 Å². The number of aliphatic hydroxyl groups is 1. The second kappa shape index (κ2) is 4.23. The zero-order chi connectivity index (χ0) is 12.6. The highest BCUT2D eigenvalue weighted by atomic mass is 32.2. The Morgan fingerprint density at radius 3 is 2.18 bits per heavy atom. The number of alkyl halides is 2. The molecule has 4 nitrogen and oxygen atoms in total. The van der Waals surface area contributed by atoms with Crippen molar-refractivity contribution in [2.45, 2.75) is 16.8 Å². The highest BCUT2D eigenvalue weighted by molar-refractivity contribution is 7.91. The first kappa shape index (κ1) is 12.3. The fraction of sp³-hybridized carbons (Fsp3) is 0.400. The van der Waals surface area contributed by atoms with Crippen molar-refractivity contribution >= 4 is 15.5 Å². The molecule has 1 aliphatic heterocycles. The number of halogens is 2. The van der Waals surface area contributed by atoms with Gasteiger partial charge in [0.25, 0.3) is 0 Å². The topological polar surface area (TPSA) is 57.6 Å². The Bertz CT molecular complexity index is 495. The third-order valence-corrected chi connectivity index (χ3v) is 4.03. The van der Waals surface area contributed by atoms with Gasteiger partial charge in [-0.05, 0) is 24.3 Å². The van der Waals surface area contributed by atoms with Crippen LogP contribution in [-0.4, -0.2) is 38.5 Å². The predicted molar refractivity (Wildman–Crippen MR) is 57.9 cm³/mol. The van der Waals surface area contributed by atoms with Gasteiger partial charge in [-0.15, -0.1) is 0 Å². The second-order valence-electron chi connectivity index (χ2n) is 3.86. The summed E-state index contributed by atoms with van der Waals surface area (Å²) in [7, 11) is -4.52. The van der Waals surface area contributed by atoms with E-state index in [-0.39, 0.29) is 6.10 Å². The van der Waals surface area contributed by atoms with E-state index in [4.69, 9.17) is 5.11 Å². The first-order valence-corrected chi connectivity index (χ1v) is 6.51. The average Bonchev–Trinajstić information content (AvgIpc) is 2.25. The van der Waals surface area contributed by atoms with E-state index >= 15 is 0 Å². The summed E-state index contributed by atoms with van der Waals surface area (Å²) >= 11 is 0. The highest BCUT2D eigenvalue weighted by Gasteiger charge is 2.28. The molecule has 1 N–H and O–H groups in total. The van der Waals surface area contributed by atoms with Gasteiger partial charge in [-0.3, -0.25) is 0 Å². The summed E-state index contributed by atoms with van der Waals surface area (Å²) < 4.78 is 46.8. The van der Waals surface area contributed by atoms with Gasteiger partial charge in [0.15, 0.2) is 0 Å². The summed E-state index contributed by atoms with van der Waals surface area (Å²) in [6.07, 6.45) is -0.375. The van der Waals surface area contributed by atoms with Crippen LogP contribution in [0.1, 0.15) is 0 Å². The molecule has 2 rings (SSSR count). The van der Waals surface area contributed by atoms with Crippen molar-refractivity contribution in [3.05, 3.63) is 24.3 Å². The zero-order valence-electron chi connectivity index (χ0n) is 8.75. The van der Waals surface area contributed by atoms with Crippen molar-refractivity contribution in [1.82, 2.24) is 0 Å². The lowest BCUT2D eigenvalue weighted by Crippen LogP contribution is -2.50. The molecule has 1 saturated heterocycles. The van der Waals surface area contributed by atoms with E-state index in [1.807, 2.05) is 4.90 Å². The Balaban J connectivity index is 2.19. The minimum atomic E-state index is -4.52. The third kappa shape index (κ3) is 2.25. The molecule has 1 aromatic carbocycles. The maximum absolute atomic E-state index is 12.3. The van der Waals surface area contributed by atoms with E-state index < -0.39 is 20.5 Å². The van der Waals surface area contributed by atoms with Gasteiger partial charge >= 0.3 is 5.76 Å². The fourth-order valence-electron chi connectivity index (χ4n) is 1.62. The molecule has 0 spiro atoms. The lowest BCUT2D eigenvalue weighted by atomic mass is 10.1. The van der Waals surface area contributed by atoms with Gasteiger partial charge in [-0.1, -0.05) is 0 Å². The van der Waals surface area contributed by atoms with E-state index in [1.54, 1.807) is 0 Å². The molecule has 7 heteroatoms. The van der Waals surface area contributed by atoms with Gasteiger partial charge < -0.3 is 10.0 Å². The molecular weight excluding hydrogens is 252 g/mol. The van der Waals surface area contributed by atoms with E-state index in [9.17, 15) is 17.2 Å². The van der Waals surface area contributed by atoms with Crippen LogP contribution in [0.3, 0.4) is 0 Å². The molecule has 0 unspecified atom stereocenters. The molecule has 1 heterocycles. The largest absolute Gasteiger partial charge is 0.389 e. The summed E-state index contributed by atoms with van der Waals surface area (Å²) in [4.78, 5) is 1.43. The first-order chi connectivity index (χ1) is 7.91. The molecule has 0 radical (unpaired) electrons. The predicted octanol–water partition coefficient (Wildman–Crippen LogP) is 0.864. The number of sulfone groups is 1. The Morgan fingerprint density at radius 1 is 1.24 bits per heavy atom. The van der Waals surface area contributed by atoms with Crippen molar-refractivity contribution in [1.29, 1.82) is 0 Å². The molecule has 0 bridgehead atoms. The Kier molecular flexibility index (Phi) is 3.05. The Morgan fingerprint density at radius 2 is 1.76 bits per heavy atom. The number of hydrogen-bond donors (Lipinski definition) is 1. The summed E-state index contributed by atoms with van der Waals surface area (Å²) in [5, 5.41) is 9.10. The number of benzene rings is 1. The zero-order valence-corrected chi connectivity index (χ0v) is 9.57. The van der Waals surface area contributed by atoms with Gasteiger partial charge in [0.1, 0.15) is 0 Å². The molecule has 1 aromatic rings. The van der Waals surface area contributed by atoms with Gasteiger partial charge in [-0.25, -0.2) is 8.42 Å². The molecule has 1 fully saturated rings. The number of β-amino-alcohol motifs (C(OH)–C–C–N with tert-alkyl or cyclic N) is 1. The van der Waals surface area contributed by atoms with Crippen LogP contribution in [0.5, 0.6) is 0 Å². The van der Waals surface area contributed by atoms with Crippen LogP contribution >= 0.6 is 0 Å². The standard InChI is InChI=1S/C10H11F2NO3S/c11-10(12)17(15,16)9-3-1-7(2-4-9)13-5-8(14)6-13/h1-4,8,10,14H,5-6H2. The second-order valence-corrected chi connectivity index (χ2v) is 5.78. The van der Waals surface area contributed by atoms with Gasteiger partial charge in [0, 0.05) is 18.8 Å². The van der Waals surface area contributed by atoms with Crippen LogP contribution in [0.25, 0.3) is 0 Å². The van der Waals surface area contributed by atoms with E-state index in [0.29, 0.717) is 18.8 Å². The molecule has 0 aliphatic carbocycles. The van der Waals surface area contributed by atoms with Crippen LogP contribution < -0.4 is 4.90 Å². The smallest absolute Gasteiger partial charge is 0.341 e. The van der Waals surface area contributed by atoms with Crippen LogP contribution in [0.15, 0.2) is 29.2 Å². The first-order valence-electron chi connectivity index (χ1n) is 4.96. The number of anilines is 1. The molecule has 0 saturated carbocycles. The molecular formula is C10H11F2NO3S. The third-order valence-electron chi connectivity index (χ3n) is 2.63. The lowest BCUT2D eigenvalue weighted by Gasteiger charge is -2.37. The molecule has 1 aliphatic rings. The quantitative estimate of drug-likeness (QED) is 0.879. The SMILES string of the molecule is O=S(=O)(c1ccc(N2CC(O)C2)cc1)C(F)F. The molecule has 0 atom stereocenters. The van der Waals surface area contributed by atoms with Crippen molar-refractivity contribution in [2.75, 3.05) is 18.0 Å². The molecule has 94 valence electrons. The van der Waals surface area contributed by atoms with Crippen molar-refractivity contribution < 1.29 is 22.3 Å². The van der Waals surface area contributed by atoms with Gasteiger partial charge in [-0.2, -0.15) is 8.78 Å². The summed E-state index contributed by atoms with van der Waals surface area (Å²) in [6, 6.07) is 5.23. The Labute approximate surface area is 97.4 Å². The van der Waals surface area contributed by atoms with E-state index in [1.165, 1.54) is 12.1 Å². The minimum Gasteiger partial charge on any atom is -0.389 e. The lowest BCUT2D eigenvalue weighted by molar-refractivity contribution is 0.142. The molecule has 0 amide bonds. The van der Waals surface area contributed by atoms with Gasteiger partial charge in [0.05, 0.1) is 11.0 Å². The summed E-state index contributed by atoms with van der Waals surface area (Å²) in [5.41, 5.74) is 0.712. The normalized spacial score (nSPS) is 17.3. The van der Waals surface area contributed by atoms with Gasteiger partial charge in [0.2, 0.25) is 9.84 Å². The van der Waals surface area contributed by atoms with Crippen LogP contribution in [0.2, 0.25) is 0 Å². The van der Waals surface area contributed by atoms with Crippen LogP contribution in [0.4, 0.5) is 14.5 Å². The molecule has 17 heavy (non-hydrogen) atoms. The number of hydrogen-bond acceptors (Lipinski definition) is 4. The van der Waals surface area contributed by atoms with Crippen LogP contribution in [-0.2, 0) is 9.84 Å². The van der Waals surface area contributed by atoms with Crippen molar-refractivity contribution in [2.24, 2.45) is 0 Å². The molecule has 0 aromatic heterocycles. The van der Waals surface area contributed by atoms with Crippen molar-refractivity contribution in [3.8, 4) is 0 Å². The summed E-state index contributed by atoms with van der Waals surface area (Å²) in [6.45, 7) is 0.946. The number of rotatable bonds is 3. The summed E-state index contributed by atoms with van der Waals surface area (Å²) in [5.74, 6) is -3.40. The number of aliphatic hydroxyl groups excluding tert-OH is 1. The van der Waals surface area contributed by atoms with Crippen molar-refractivity contribution in [3.63, 3.8) is 0 Å². The Hall–Kier alpha value is -1.21. The minimum absolute atomic E-state index is 0.375.